The molecule has 1 amide bonds. The summed E-state index contributed by atoms with van der Waals surface area (Å²) in [4.78, 5) is 15.4. The van der Waals surface area contributed by atoms with Crippen molar-refractivity contribution >= 4 is 11.6 Å². The first-order chi connectivity index (χ1) is 15.9. The fourth-order valence-electron chi connectivity index (χ4n) is 4.55. The Bertz CT molecular complexity index is 1130. The summed E-state index contributed by atoms with van der Waals surface area (Å²) in [7, 11) is 1.10. The van der Waals surface area contributed by atoms with Gasteiger partial charge in [0.25, 0.3) is 5.91 Å². The van der Waals surface area contributed by atoms with Gasteiger partial charge in [0.1, 0.15) is 11.8 Å². The number of primary amides is 1. The van der Waals surface area contributed by atoms with E-state index in [4.69, 9.17) is 19.9 Å². The first-order valence-electron chi connectivity index (χ1n) is 10.3. The number of nitrogens with one attached hydrogen (secondary N) is 1. The normalized spacial score (nSPS) is 28.8. The van der Waals surface area contributed by atoms with Crippen LogP contribution in [0.1, 0.15) is 41.4 Å². The van der Waals surface area contributed by atoms with Gasteiger partial charge in [-0.15, -0.1) is 0 Å². The van der Waals surface area contributed by atoms with Crippen molar-refractivity contribution in [2.24, 2.45) is 11.7 Å². The van der Waals surface area contributed by atoms with Gasteiger partial charge in [0.15, 0.2) is 23.4 Å². The van der Waals surface area contributed by atoms with Crippen molar-refractivity contribution in [2.75, 3.05) is 12.4 Å². The lowest BCUT2D eigenvalue weighted by Gasteiger charge is -2.35. The van der Waals surface area contributed by atoms with Crippen molar-refractivity contribution in [3.05, 3.63) is 52.9 Å². The first kappa shape index (κ1) is 24.1. The third kappa shape index (κ3) is 3.74. The average molecular weight is 487 g/mol. The highest BCUT2D eigenvalue weighted by Gasteiger charge is 2.66. The van der Waals surface area contributed by atoms with Crippen LogP contribution in [0.5, 0.6) is 5.75 Å². The van der Waals surface area contributed by atoms with Crippen LogP contribution in [0.25, 0.3) is 0 Å². The molecular formula is C22H22F5N3O4. The van der Waals surface area contributed by atoms with E-state index in [1.165, 1.54) is 25.3 Å². The number of pyridine rings is 1. The van der Waals surface area contributed by atoms with Crippen LogP contribution in [0.2, 0.25) is 0 Å². The third-order valence-corrected chi connectivity index (χ3v) is 6.60. The highest BCUT2D eigenvalue weighted by atomic mass is 19.4. The molecule has 3 N–H and O–H groups in total. The van der Waals surface area contributed by atoms with Crippen LogP contribution in [-0.4, -0.2) is 42.1 Å². The molecule has 0 radical (unpaired) electrons. The topological polar surface area (TPSA) is 95.7 Å². The van der Waals surface area contributed by atoms with Gasteiger partial charge in [0, 0.05) is 34.8 Å². The van der Waals surface area contributed by atoms with Crippen LogP contribution in [0.3, 0.4) is 0 Å². The zero-order valence-corrected chi connectivity index (χ0v) is 18.4. The first-order valence-corrected chi connectivity index (χ1v) is 10.3. The molecule has 1 saturated heterocycles. The SMILES string of the molecule is COc1c([C@H]2[C@H](C3Nc4cc(C(N)=O)ncc4CO3)O[C@@](C)(C(F)(F)F)[C@H]2C)ccc(F)c1F. The smallest absolute Gasteiger partial charge is 0.417 e. The van der Waals surface area contributed by atoms with Gasteiger partial charge in [0.2, 0.25) is 5.82 Å². The number of fused-ring (bicyclic) bond motifs is 1. The second kappa shape index (κ2) is 8.35. The molecule has 1 fully saturated rings. The zero-order chi connectivity index (χ0) is 25.0. The number of hydrogen-bond acceptors (Lipinski definition) is 6. The number of aromatic nitrogens is 1. The number of methoxy groups -OCH3 is 1. The standard InChI is InChI=1S/C22H22F5N3O4/c1-9-15(11-4-5-12(23)16(24)17(11)32-3)18(34-21(9,2)22(25,26)27)20-30-13-6-14(19(28)31)29-7-10(13)8-33-20/h4-7,9,15,18,20,30H,8H2,1-3H3,(H2,28,31)/t9-,15-,18+,20?,21+/m0/s1. The molecule has 5 atom stereocenters. The Morgan fingerprint density at radius 3 is 2.65 bits per heavy atom. The second-order valence-electron chi connectivity index (χ2n) is 8.45. The van der Waals surface area contributed by atoms with E-state index in [0.717, 1.165) is 20.1 Å². The number of ether oxygens (including phenoxy) is 3. The molecule has 0 saturated carbocycles. The van der Waals surface area contributed by atoms with Crippen molar-refractivity contribution in [3.63, 3.8) is 0 Å². The lowest BCUT2D eigenvalue weighted by atomic mass is 9.76. The number of carbonyl (C=O) groups excluding carboxylic acids is 1. The Morgan fingerprint density at radius 1 is 1.32 bits per heavy atom. The number of benzene rings is 1. The van der Waals surface area contributed by atoms with E-state index in [1.807, 2.05) is 0 Å². The Kier molecular flexibility index (Phi) is 5.93. The molecule has 2 aromatic rings. The minimum atomic E-state index is -4.78. The quantitative estimate of drug-likeness (QED) is 0.636. The summed E-state index contributed by atoms with van der Waals surface area (Å²) >= 11 is 0. The van der Waals surface area contributed by atoms with E-state index in [9.17, 15) is 26.7 Å². The maximum Gasteiger partial charge on any atom is 0.417 e. The Morgan fingerprint density at radius 2 is 2.03 bits per heavy atom. The van der Waals surface area contributed by atoms with Gasteiger partial charge in [0.05, 0.1) is 13.7 Å². The third-order valence-electron chi connectivity index (χ3n) is 6.60. The molecule has 12 heteroatoms. The fourth-order valence-corrected chi connectivity index (χ4v) is 4.55. The predicted octanol–water partition coefficient (Wildman–Crippen LogP) is 3.88. The molecule has 0 spiro atoms. The fraction of sp³-hybridized carbons (Fsp3) is 0.455. The molecule has 7 nitrogen and oxygen atoms in total. The Labute approximate surface area is 191 Å². The molecule has 1 aromatic carbocycles. The molecule has 0 bridgehead atoms. The molecule has 0 aliphatic carbocycles. The van der Waals surface area contributed by atoms with Crippen LogP contribution in [0.15, 0.2) is 24.4 Å². The molecule has 1 aromatic heterocycles. The predicted molar refractivity (Wildman–Crippen MR) is 109 cm³/mol. The molecule has 4 rings (SSSR count). The van der Waals surface area contributed by atoms with Gasteiger partial charge in [-0.2, -0.15) is 17.6 Å². The maximum atomic E-state index is 14.5. The van der Waals surface area contributed by atoms with Gasteiger partial charge in [-0.1, -0.05) is 13.0 Å². The number of rotatable bonds is 4. The van der Waals surface area contributed by atoms with Crippen LogP contribution >= 0.6 is 0 Å². The second-order valence-corrected chi connectivity index (χ2v) is 8.45. The van der Waals surface area contributed by atoms with E-state index < -0.39 is 59.2 Å². The summed E-state index contributed by atoms with van der Waals surface area (Å²) < 4.78 is 87.1. The van der Waals surface area contributed by atoms with Crippen molar-refractivity contribution in [2.45, 2.75) is 50.5 Å². The number of carbonyl (C=O) groups is 1. The largest absolute Gasteiger partial charge is 0.493 e. The van der Waals surface area contributed by atoms with Gasteiger partial charge in [-0.05, 0) is 19.1 Å². The maximum absolute atomic E-state index is 14.5. The number of amides is 1. The number of anilines is 1. The van der Waals surface area contributed by atoms with Crippen molar-refractivity contribution in [3.8, 4) is 5.75 Å². The highest BCUT2D eigenvalue weighted by Crippen LogP contribution is 2.56. The van der Waals surface area contributed by atoms with E-state index in [1.54, 1.807) is 0 Å². The molecule has 1 unspecified atom stereocenters. The monoisotopic (exact) mass is 487 g/mol. The lowest BCUT2D eigenvalue weighted by Crippen LogP contribution is -2.48. The van der Waals surface area contributed by atoms with Crippen LogP contribution in [0, 0.1) is 17.6 Å². The summed E-state index contributed by atoms with van der Waals surface area (Å²) in [6.07, 6.45) is -5.84. The number of alkyl halides is 3. The van der Waals surface area contributed by atoms with Crippen molar-refractivity contribution < 1.29 is 41.0 Å². The number of nitrogens with zero attached hydrogens (tertiary/aromatic N) is 1. The van der Waals surface area contributed by atoms with Crippen molar-refractivity contribution in [1.29, 1.82) is 0 Å². The van der Waals surface area contributed by atoms with Crippen LogP contribution < -0.4 is 15.8 Å². The summed E-state index contributed by atoms with van der Waals surface area (Å²) in [6.45, 7) is 2.19. The average Bonchev–Trinajstić information content (AvgIpc) is 3.06. The molecular weight excluding hydrogens is 465 g/mol. The highest BCUT2D eigenvalue weighted by molar-refractivity contribution is 5.91. The number of hydrogen-bond donors (Lipinski definition) is 2. The minimum Gasteiger partial charge on any atom is -0.493 e. The summed E-state index contributed by atoms with van der Waals surface area (Å²) in [5.74, 6) is -6.14. The van der Waals surface area contributed by atoms with E-state index in [2.05, 4.69) is 10.3 Å². The molecule has 34 heavy (non-hydrogen) atoms. The zero-order valence-electron chi connectivity index (χ0n) is 18.4. The number of nitrogens with two attached hydrogens (primary N) is 1. The van der Waals surface area contributed by atoms with Gasteiger partial charge in [-0.25, -0.2) is 4.39 Å². The van der Waals surface area contributed by atoms with Crippen LogP contribution in [-0.2, 0) is 16.1 Å². The molecule has 2 aliphatic heterocycles. The Balaban J connectivity index is 1.79. The van der Waals surface area contributed by atoms with Gasteiger partial charge < -0.3 is 25.3 Å². The Hall–Kier alpha value is -2.99. The lowest BCUT2D eigenvalue weighted by molar-refractivity contribution is -0.280. The van der Waals surface area contributed by atoms with E-state index in [0.29, 0.717) is 11.3 Å². The summed E-state index contributed by atoms with van der Waals surface area (Å²) in [5.41, 5.74) is 3.54. The van der Waals surface area contributed by atoms with E-state index >= 15 is 0 Å². The van der Waals surface area contributed by atoms with Gasteiger partial charge >= 0.3 is 6.18 Å². The minimum absolute atomic E-state index is 0.00984. The summed E-state index contributed by atoms with van der Waals surface area (Å²) in [5, 5.41) is 2.94. The van der Waals surface area contributed by atoms with Crippen molar-refractivity contribution in [1.82, 2.24) is 4.98 Å². The number of halogens is 5. The van der Waals surface area contributed by atoms with Crippen LogP contribution in [0.4, 0.5) is 27.6 Å². The molecule has 3 heterocycles. The molecule has 184 valence electrons. The van der Waals surface area contributed by atoms with Gasteiger partial charge in [-0.3, -0.25) is 9.78 Å². The van der Waals surface area contributed by atoms with E-state index in [-0.39, 0.29) is 17.9 Å². The molecule has 2 aliphatic rings. The summed E-state index contributed by atoms with van der Waals surface area (Å²) in [6, 6.07) is 3.37.